The van der Waals surface area contributed by atoms with Gasteiger partial charge < -0.3 is 0 Å². The fourth-order valence-corrected chi connectivity index (χ4v) is 1.05. The van der Waals surface area contributed by atoms with E-state index in [0.717, 1.165) is 0 Å². The molecule has 2 aromatic rings. The number of nitriles is 1. The number of anilines is 2. The van der Waals surface area contributed by atoms with Gasteiger partial charge in [0.15, 0.2) is 0 Å². The predicted octanol–water partition coefficient (Wildman–Crippen LogP) is 1.32. The molecule has 0 amide bonds. The lowest BCUT2D eigenvalue weighted by atomic mass is 10.4. The highest BCUT2D eigenvalue weighted by atomic mass is 19.1. The van der Waals surface area contributed by atoms with E-state index in [1.165, 1.54) is 24.5 Å². The average molecular weight is 230 g/mol. The number of rotatable bonds is 3. The van der Waals surface area contributed by atoms with E-state index in [1.54, 1.807) is 6.07 Å². The highest BCUT2D eigenvalue weighted by molar-refractivity contribution is 5.41. The molecular weight excluding hydrogens is 223 g/mol. The van der Waals surface area contributed by atoms with Crippen LogP contribution >= 0.6 is 0 Å². The molecular formula is C10H7FN6. The summed E-state index contributed by atoms with van der Waals surface area (Å²) in [6.45, 7) is 0. The Morgan fingerprint density at radius 1 is 1.18 bits per heavy atom. The summed E-state index contributed by atoms with van der Waals surface area (Å²) in [7, 11) is 0. The summed E-state index contributed by atoms with van der Waals surface area (Å²) in [6.07, 6.45) is 2.74. The Morgan fingerprint density at radius 3 is 2.59 bits per heavy atom. The van der Waals surface area contributed by atoms with Crippen molar-refractivity contribution in [1.29, 1.82) is 5.26 Å². The number of hydrazine groups is 1. The van der Waals surface area contributed by atoms with Crippen LogP contribution in [0.2, 0.25) is 0 Å². The Hall–Kier alpha value is -2.75. The van der Waals surface area contributed by atoms with Crippen molar-refractivity contribution in [2.24, 2.45) is 0 Å². The Bertz CT molecular complexity index is 547. The van der Waals surface area contributed by atoms with Gasteiger partial charge in [0.2, 0.25) is 11.9 Å². The first-order valence-corrected chi connectivity index (χ1v) is 4.64. The Kier molecular flexibility index (Phi) is 3.07. The molecule has 2 aromatic heterocycles. The van der Waals surface area contributed by atoms with Crippen molar-refractivity contribution in [1.82, 2.24) is 15.0 Å². The molecule has 0 fully saturated rings. The van der Waals surface area contributed by atoms with Gasteiger partial charge in [0, 0.05) is 0 Å². The second-order valence-corrected chi connectivity index (χ2v) is 3.00. The van der Waals surface area contributed by atoms with Gasteiger partial charge in [-0.05, 0) is 12.1 Å². The van der Waals surface area contributed by atoms with Gasteiger partial charge >= 0.3 is 0 Å². The summed E-state index contributed by atoms with van der Waals surface area (Å²) >= 11 is 0. The van der Waals surface area contributed by atoms with Crippen molar-refractivity contribution in [3.05, 3.63) is 42.1 Å². The molecule has 0 saturated carbocycles. The van der Waals surface area contributed by atoms with Gasteiger partial charge in [-0.15, -0.1) is 0 Å². The lowest BCUT2D eigenvalue weighted by Gasteiger charge is -2.06. The summed E-state index contributed by atoms with van der Waals surface area (Å²) in [6, 6.07) is 6.24. The van der Waals surface area contributed by atoms with Crippen molar-refractivity contribution in [2.75, 3.05) is 10.9 Å². The SMILES string of the molecule is N#Cc1cnc(NNc2cccc(F)n2)nc1. The lowest BCUT2D eigenvalue weighted by molar-refractivity contribution is 0.585. The molecule has 0 atom stereocenters. The zero-order valence-corrected chi connectivity index (χ0v) is 8.55. The first-order valence-electron chi connectivity index (χ1n) is 4.64. The zero-order valence-electron chi connectivity index (χ0n) is 8.55. The summed E-state index contributed by atoms with van der Waals surface area (Å²) in [5.41, 5.74) is 5.62. The molecule has 17 heavy (non-hydrogen) atoms. The second-order valence-electron chi connectivity index (χ2n) is 3.00. The van der Waals surface area contributed by atoms with Gasteiger partial charge in [-0.1, -0.05) is 6.07 Å². The van der Waals surface area contributed by atoms with E-state index in [9.17, 15) is 4.39 Å². The van der Waals surface area contributed by atoms with E-state index in [1.807, 2.05) is 6.07 Å². The molecule has 0 bridgehead atoms. The molecule has 0 unspecified atom stereocenters. The van der Waals surface area contributed by atoms with E-state index < -0.39 is 5.95 Å². The van der Waals surface area contributed by atoms with E-state index >= 15 is 0 Å². The monoisotopic (exact) mass is 230 g/mol. The van der Waals surface area contributed by atoms with Gasteiger partial charge in [0.05, 0.1) is 18.0 Å². The van der Waals surface area contributed by atoms with Crippen LogP contribution < -0.4 is 10.9 Å². The van der Waals surface area contributed by atoms with Crippen LogP contribution in [0.1, 0.15) is 5.56 Å². The molecule has 84 valence electrons. The largest absolute Gasteiger partial charge is 0.282 e. The van der Waals surface area contributed by atoms with Crippen molar-refractivity contribution in [3.8, 4) is 6.07 Å². The van der Waals surface area contributed by atoms with Crippen molar-refractivity contribution >= 4 is 11.8 Å². The molecule has 0 spiro atoms. The van der Waals surface area contributed by atoms with Gasteiger partial charge in [-0.2, -0.15) is 9.65 Å². The minimum absolute atomic E-state index is 0.259. The molecule has 7 heteroatoms. The van der Waals surface area contributed by atoms with Crippen molar-refractivity contribution < 1.29 is 4.39 Å². The second kappa shape index (κ2) is 4.85. The molecule has 2 heterocycles. The third kappa shape index (κ3) is 2.85. The number of nitrogens with one attached hydrogen (secondary N) is 2. The van der Waals surface area contributed by atoms with E-state index in [0.29, 0.717) is 11.4 Å². The molecule has 2 rings (SSSR count). The van der Waals surface area contributed by atoms with Crippen molar-refractivity contribution in [2.45, 2.75) is 0 Å². The van der Waals surface area contributed by atoms with Crippen LogP contribution in [-0.2, 0) is 0 Å². The Morgan fingerprint density at radius 2 is 1.94 bits per heavy atom. The molecule has 0 radical (unpaired) electrons. The highest BCUT2D eigenvalue weighted by Crippen LogP contribution is 2.04. The summed E-state index contributed by atoms with van der Waals surface area (Å²) < 4.78 is 12.7. The topological polar surface area (TPSA) is 86.5 Å². The number of nitrogens with zero attached hydrogens (tertiary/aromatic N) is 4. The van der Waals surface area contributed by atoms with E-state index in [-0.39, 0.29) is 5.95 Å². The zero-order chi connectivity index (χ0) is 12.1. The van der Waals surface area contributed by atoms with Crippen LogP contribution in [-0.4, -0.2) is 15.0 Å². The fraction of sp³-hybridized carbons (Fsp3) is 0. The molecule has 0 aliphatic heterocycles. The van der Waals surface area contributed by atoms with Crippen LogP contribution in [0.25, 0.3) is 0 Å². The number of pyridine rings is 1. The minimum Gasteiger partial charge on any atom is -0.282 e. The fourth-order valence-electron chi connectivity index (χ4n) is 1.05. The average Bonchev–Trinajstić information content (AvgIpc) is 2.37. The van der Waals surface area contributed by atoms with Gasteiger partial charge in [-0.25, -0.2) is 15.0 Å². The summed E-state index contributed by atoms with van der Waals surface area (Å²) in [5, 5.41) is 8.55. The molecule has 0 saturated heterocycles. The van der Waals surface area contributed by atoms with Crippen LogP contribution in [0.5, 0.6) is 0 Å². The number of aromatic nitrogens is 3. The van der Waals surface area contributed by atoms with Gasteiger partial charge in [0.25, 0.3) is 0 Å². The Labute approximate surface area is 96.1 Å². The maximum atomic E-state index is 12.7. The summed E-state index contributed by atoms with van der Waals surface area (Å²) in [5.74, 6) is -0.0226. The number of halogens is 1. The quantitative estimate of drug-likeness (QED) is 0.611. The maximum Gasteiger partial charge on any atom is 0.241 e. The first-order chi connectivity index (χ1) is 8.28. The minimum atomic E-state index is -0.586. The van der Waals surface area contributed by atoms with E-state index in [4.69, 9.17) is 5.26 Å². The van der Waals surface area contributed by atoms with Crippen molar-refractivity contribution in [3.63, 3.8) is 0 Å². The first kappa shape index (κ1) is 10.8. The smallest absolute Gasteiger partial charge is 0.241 e. The van der Waals surface area contributed by atoms with Gasteiger partial charge in [0.1, 0.15) is 11.9 Å². The number of hydrogen-bond donors (Lipinski definition) is 2. The molecule has 2 N–H and O–H groups in total. The van der Waals surface area contributed by atoms with Crippen LogP contribution in [0.15, 0.2) is 30.6 Å². The highest BCUT2D eigenvalue weighted by Gasteiger charge is 1.98. The molecule has 0 aliphatic rings. The molecule has 6 nitrogen and oxygen atoms in total. The van der Waals surface area contributed by atoms with Crippen LogP contribution in [0, 0.1) is 17.3 Å². The maximum absolute atomic E-state index is 12.7. The van der Waals surface area contributed by atoms with Gasteiger partial charge in [-0.3, -0.25) is 10.9 Å². The molecule has 0 aliphatic carbocycles. The normalized spacial score (nSPS) is 9.41. The molecule has 0 aromatic carbocycles. The van der Waals surface area contributed by atoms with Crippen LogP contribution in [0.3, 0.4) is 0 Å². The Balaban J connectivity index is 2.00. The lowest BCUT2D eigenvalue weighted by Crippen LogP contribution is -2.12. The standard InChI is InChI=1S/C10H7FN6/c11-8-2-1-3-9(15-8)16-17-10-13-5-7(4-12)6-14-10/h1-3,5-6H,(H,15,16)(H,13,14,17). The number of hydrogen-bond acceptors (Lipinski definition) is 6. The third-order valence-corrected chi connectivity index (χ3v) is 1.80. The summed E-state index contributed by atoms with van der Waals surface area (Å²) in [4.78, 5) is 11.3. The third-order valence-electron chi connectivity index (χ3n) is 1.80. The van der Waals surface area contributed by atoms with Crippen LogP contribution in [0.4, 0.5) is 16.2 Å². The predicted molar refractivity (Wildman–Crippen MR) is 58.2 cm³/mol. The van der Waals surface area contributed by atoms with E-state index in [2.05, 4.69) is 25.8 Å².